The van der Waals surface area contributed by atoms with E-state index in [1.807, 2.05) is 0 Å². The zero-order valence-electron chi connectivity index (χ0n) is 29.2. The molecule has 0 saturated carbocycles. The summed E-state index contributed by atoms with van der Waals surface area (Å²) in [6, 6.07) is 0. The number of hydrogen-bond acceptors (Lipinski definition) is 5. The summed E-state index contributed by atoms with van der Waals surface area (Å²) in [6.07, 6.45) is 34.4. The van der Waals surface area contributed by atoms with Crippen LogP contribution in [0.1, 0.15) is 207 Å². The van der Waals surface area contributed by atoms with Crippen LogP contribution in [0.5, 0.6) is 0 Å². The molecule has 0 saturated heterocycles. The van der Waals surface area contributed by atoms with Gasteiger partial charge in [0, 0.05) is 12.8 Å². The first-order valence-corrected chi connectivity index (χ1v) is 19.0. The van der Waals surface area contributed by atoms with E-state index in [2.05, 4.69) is 20.8 Å². The van der Waals surface area contributed by atoms with Crippen molar-refractivity contribution < 1.29 is 24.2 Å². The highest BCUT2D eigenvalue weighted by molar-refractivity contribution is 5.70. The Balaban J connectivity index is 3.52. The van der Waals surface area contributed by atoms with E-state index in [0.717, 1.165) is 44.4 Å². The lowest BCUT2D eigenvalue weighted by atomic mass is 9.99. The maximum absolute atomic E-state index is 12.1. The number of aliphatic hydroxyl groups excluding tert-OH is 1. The lowest BCUT2D eigenvalue weighted by Crippen LogP contribution is -2.28. The van der Waals surface area contributed by atoms with Crippen LogP contribution in [-0.2, 0) is 19.1 Å². The van der Waals surface area contributed by atoms with Crippen LogP contribution < -0.4 is 0 Å². The van der Waals surface area contributed by atoms with Gasteiger partial charge in [-0.05, 0) is 18.8 Å². The van der Waals surface area contributed by atoms with Gasteiger partial charge in [-0.15, -0.1) is 0 Å². The maximum atomic E-state index is 12.1. The molecule has 0 fully saturated rings. The van der Waals surface area contributed by atoms with Crippen molar-refractivity contribution in [3.63, 3.8) is 0 Å². The Morgan fingerprint density at radius 1 is 0.535 bits per heavy atom. The predicted octanol–water partition coefficient (Wildman–Crippen LogP) is 11.4. The van der Waals surface area contributed by atoms with Crippen molar-refractivity contribution in [2.24, 2.45) is 5.92 Å². The van der Waals surface area contributed by atoms with Crippen molar-refractivity contribution in [3.8, 4) is 0 Å². The lowest BCUT2D eigenvalue weighted by Gasteiger charge is -2.15. The topological polar surface area (TPSA) is 72.8 Å². The van der Waals surface area contributed by atoms with Gasteiger partial charge in [-0.2, -0.15) is 0 Å². The molecular formula is C38H74O5. The van der Waals surface area contributed by atoms with E-state index >= 15 is 0 Å². The van der Waals surface area contributed by atoms with Gasteiger partial charge >= 0.3 is 11.9 Å². The summed E-state index contributed by atoms with van der Waals surface area (Å²) in [6.45, 7) is 6.52. The molecule has 0 radical (unpaired) electrons. The second-order valence-corrected chi connectivity index (χ2v) is 13.3. The minimum atomic E-state index is -0.761. The molecule has 0 bridgehead atoms. The van der Waals surface area contributed by atoms with Crippen molar-refractivity contribution in [2.75, 3.05) is 13.2 Å². The number of unbranched alkanes of at least 4 members (excludes halogenated alkanes) is 23. The molecule has 0 aromatic rings. The van der Waals surface area contributed by atoms with Crippen molar-refractivity contribution in [1.29, 1.82) is 0 Å². The van der Waals surface area contributed by atoms with Gasteiger partial charge < -0.3 is 14.6 Å². The van der Waals surface area contributed by atoms with Crippen LogP contribution in [0.15, 0.2) is 0 Å². The minimum Gasteiger partial charge on any atom is -0.462 e. The highest BCUT2D eigenvalue weighted by Gasteiger charge is 2.16. The first-order chi connectivity index (χ1) is 21.0. The molecule has 0 aliphatic heterocycles. The zero-order chi connectivity index (χ0) is 31.6. The molecule has 0 aliphatic rings. The molecule has 0 aromatic heterocycles. The molecule has 256 valence electrons. The van der Waals surface area contributed by atoms with Gasteiger partial charge in [-0.1, -0.05) is 181 Å². The summed E-state index contributed by atoms with van der Waals surface area (Å²) < 4.78 is 10.6. The van der Waals surface area contributed by atoms with E-state index < -0.39 is 6.10 Å². The van der Waals surface area contributed by atoms with Crippen LogP contribution >= 0.6 is 0 Å². The molecule has 1 N–H and O–H groups in total. The van der Waals surface area contributed by atoms with Gasteiger partial charge in [-0.3, -0.25) is 9.59 Å². The summed E-state index contributed by atoms with van der Waals surface area (Å²) in [7, 11) is 0. The predicted molar refractivity (Wildman–Crippen MR) is 182 cm³/mol. The molecular weight excluding hydrogens is 536 g/mol. The van der Waals surface area contributed by atoms with Gasteiger partial charge in [0.15, 0.2) is 6.10 Å². The number of ether oxygens (including phenoxy) is 2. The van der Waals surface area contributed by atoms with E-state index in [1.165, 1.54) is 135 Å². The molecule has 43 heavy (non-hydrogen) atoms. The normalized spacial score (nSPS) is 12.7. The van der Waals surface area contributed by atoms with Crippen LogP contribution in [0.3, 0.4) is 0 Å². The number of carbonyl (C=O) groups excluding carboxylic acids is 2. The fraction of sp³-hybridized carbons (Fsp3) is 0.947. The molecule has 0 amide bonds. The van der Waals surface area contributed by atoms with Crippen LogP contribution in [0.4, 0.5) is 0 Å². The number of rotatable bonds is 34. The molecule has 5 nitrogen and oxygen atoms in total. The Hall–Kier alpha value is -1.10. The minimum absolute atomic E-state index is 0.0582. The van der Waals surface area contributed by atoms with E-state index in [-0.39, 0.29) is 25.2 Å². The average molecular weight is 611 g/mol. The van der Waals surface area contributed by atoms with Gasteiger partial charge in [0.1, 0.15) is 6.61 Å². The van der Waals surface area contributed by atoms with Crippen LogP contribution in [0, 0.1) is 5.92 Å². The van der Waals surface area contributed by atoms with Crippen LogP contribution in [0.2, 0.25) is 0 Å². The first kappa shape index (κ1) is 41.9. The molecule has 0 heterocycles. The Morgan fingerprint density at radius 3 is 1.30 bits per heavy atom. The number of carbonyl (C=O) groups is 2. The molecule has 2 atom stereocenters. The summed E-state index contributed by atoms with van der Waals surface area (Å²) in [4.78, 5) is 24.2. The maximum Gasteiger partial charge on any atom is 0.306 e. The van der Waals surface area contributed by atoms with Gasteiger partial charge in [0.05, 0.1) is 6.61 Å². The second-order valence-electron chi connectivity index (χ2n) is 13.3. The largest absolute Gasteiger partial charge is 0.462 e. The van der Waals surface area contributed by atoms with Crippen LogP contribution in [0.25, 0.3) is 0 Å². The van der Waals surface area contributed by atoms with E-state index in [1.54, 1.807) is 0 Å². The van der Waals surface area contributed by atoms with Gasteiger partial charge in [0.2, 0.25) is 0 Å². The third-order valence-electron chi connectivity index (χ3n) is 8.94. The molecule has 0 rings (SSSR count). The number of hydrogen-bond donors (Lipinski definition) is 1. The summed E-state index contributed by atoms with van der Waals surface area (Å²) >= 11 is 0. The van der Waals surface area contributed by atoms with Crippen molar-refractivity contribution in [3.05, 3.63) is 0 Å². The Labute approximate surface area is 268 Å². The number of aliphatic hydroxyl groups is 1. The Bertz CT molecular complexity index is 593. The highest BCUT2D eigenvalue weighted by atomic mass is 16.6. The van der Waals surface area contributed by atoms with Crippen LogP contribution in [-0.4, -0.2) is 36.4 Å². The SMILES string of the molecule is CCCCCCCCCCCCCCCCCC(=O)O[C@@H](CO)COC(=O)CCCCCCCCCCCCC(C)CC. The highest BCUT2D eigenvalue weighted by Crippen LogP contribution is 2.16. The Kier molecular flexibility index (Phi) is 32.9. The fourth-order valence-corrected chi connectivity index (χ4v) is 5.65. The van der Waals surface area contributed by atoms with E-state index in [0.29, 0.717) is 12.8 Å². The summed E-state index contributed by atoms with van der Waals surface area (Å²) in [5, 5.41) is 9.53. The van der Waals surface area contributed by atoms with Crippen molar-refractivity contribution in [2.45, 2.75) is 213 Å². The second kappa shape index (κ2) is 33.8. The quantitative estimate of drug-likeness (QED) is 0.0579. The fourth-order valence-electron chi connectivity index (χ4n) is 5.65. The third-order valence-corrected chi connectivity index (χ3v) is 8.94. The third kappa shape index (κ3) is 32.1. The standard InChI is InChI=1S/C38H74O5/c1-4-6-7-8-9-10-11-12-13-14-15-20-23-26-29-32-38(41)43-36(33-39)34-42-37(40)31-28-25-22-19-17-16-18-21-24-27-30-35(3)5-2/h35-36,39H,4-34H2,1-3H3/t35?,36-/m0/s1. The lowest BCUT2D eigenvalue weighted by molar-refractivity contribution is -0.161. The summed E-state index contributed by atoms with van der Waals surface area (Å²) in [5.74, 6) is 0.300. The van der Waals surface area contributed by atoms with E-state index in [4.69, 9.17) is 9.47 Å². The number of esters is 2. The van der Waals surface area contributed by atoms with Crippen molar-refractivity contribution >= 4 is 11.9 Å². The molecule has 0 spiro atoms. The molecule has 0 aromatic carbocycles. The first-order valence-electron chi connectivity index (χ1n) is 19.0. The monoisotopic (exact) mass is 611 g/mol. The Morgan fingerprint density at radius 2 is 0.907 bits per heavy atom. The zero-order valence-corrected chi connectivity index (χ0v) is 29.2. The average Bonchev–Trinajstić information content (AvgIpc) is 3.01. The molecule has 5 heteroatoms. The van der Waals surface area contributed by atoms with Crippen molar-refractivity contribution in [1.82, 2.24) is 0 Å². The smallest absolute Gasteiger partial charge is 0.306 e. The van der Waals surface area contributed by atoms with E-state index in [9.17, 15) is 14.7 Å². The van der Waals surface area contributed by atoms with Gasteiger partial charge in [0.25, 0.3) is 0 Å². The molecule has 0 aliphatic carbocycles. The summed E-state index contributed by atoms with van der Waals surface area (Å²) in [5.41, 5.74) is 0. The van der Waals surface area contributed by atoms with Gasteiger partial charge in [-0.25, -0.2) is 0 Å². The molecule has 1 unspecified atom stereocenters.